The second-order valence-electron chi connectivity index (χ2n) is 3.96. The van der Waals surface area contributed by atoms with Crippen LogP contribution in [0.3, 0.4) is 0 Å². The third-order valence-electron chi connectivity index (χ3n) is 2.68. The molecule has 0 aliphatic heterocycles. The van der Waals surface area contributed by atoms with Crippen LogP contribution in [0.2, 0.25) is 0 Å². The first kappa shape index (κ1) is 12.7. The molecule has 0 aliphatic carbocycles. The highest BCUT2D eigenvalue weighted by molar-refractivity contribution is 5.03. The minimum absolute atomic E-state index is 0.214. The van der Waals surface area contributed by atoms with E-state index in [4.69, 9.17) is 0 Å². The molecule has 0 aromatic carbocycles. The molecule has 1 nitrogen and oxygen atoms in total. The van der Waals surface area contributed by atoms with Crippen molar-refractivity contribution >= 4 is 0 Å². The van der Waals surface area contributed by atoms with Crippen molar-refractivity contribution in [2.24, 2.45) is 5.92 Å². The Kier molecular flexibility index (Phi) is 6.97. The molecule has 2 unspecified atom stereocenters. The van der Waals surface area contributed by atoms with E-state index in [1.807, 2.05) is 6.92 Å². The van der Waals surface area contributed by atoms with Gasteiger partial charge in [0, 0.05) is 0 Å². The second kappa shape index (κ2) is 7.14. The standard InChI is InChI=1S/C12H24O/c1-5-7-11(4)12(13)9-8-10(3)6-2/h7,10,12-13H,5-6,8-9H2,1-4H3. The van der Waals surface area contributed by atoms with Gasteiger partial charge in [-0.15, -0.1) is 0 Å². The summed E-state index contributed by atoms with van der Waals surface area (Å²) >= 11 is 0. The Balaban J connectivity index is 3.73. The molecule has 78 valence electrons. The predicted octanol–water partition coefficient (Wildman–Crippen LogP) is 3.53. The molecular formula is C12H24O. The summed E-state index contributed by atoms with van der Waals surface area (Å²) < 4.78 is 0. The van der Waals surface area contributed by atoms with E-state index in [0.29, 0.717) is 0 Å². The molecular weight excluding hydrogens is 160 g/mol. The van der Waals surface area contributed by atoms with Gasteiger partial charge in [-0.25, -0.2) is 0 Å². The van der Waals surface area contributed by atoms with Gasteiger partial charge < -0.3 is 5.11 Å². The Labute approximate surface area is 82.9 Å². The number of allylic oxidation sites excluding steroid dienone is 1. The van der Waals surface area contributed by atoms with Gasteiger partial charge in [-0.2, -0.15) is 0 Å². The van der Waals surface area contributed by atoms with Crippen LogP contribution in [0.25, 0.3) is 0 Å². The van der Waals surface area contributed by atoms with Gasteiger partial charge in [0.25, 0.3) is 0 Å². The van der Waals surface area contributed by atoms with Crippen molar-refractivity contribution in [1.82, 2.24) is 0 Å². The summed E-state index contributed by atoms with van der Waals surface area (Å²) in [5.41, 5.74) is 1.13. The lowest BCUT2D eigenvalue weighted by Crippen LogP contribution is -2.09. The third kappa shape index (κ3) is 5.87. The first-order chi connectivity index (χ1) is 6.11. The summed E-state index contributed by atoms with van der Waals surface area (Å²) in [5, 5.41) is 9.72. The van der Waals surface area contributed by atoms with Gasteiger partial charge in [0.15, 0.2) is 0 Å². The van der Waals surface area contributed by atoms with Crippen molar-refractivity contribution in [1.29, 1.82) is 0 Å². The van der Waals surface area contributed by atoms with E-state index in [2.05, 4.69) is 26.8 Å². The Morgan fingerprint density at radius 1 is 1.31 bits per heavy atom. The summed E-state index contributed by atoms with van der Waals surface area (Å²) in [4.78, 5) is 0. The van der Waals surface area contributed by atoms with E-state index in [0.717, 1.165) is 30.8 Å². The molecule has 0 amide bonds. The topological polar surface area (TPSA) is 20.2 Å². The van der Waals surface area contributed by atoms with Crippen molar-refractivity contribution in [3.63, 3.8) is 0 Å². The van der Waals surface area contributed by atoms with Gasteiger partial charge in [0.2, 0.25) is 0 Å². The maximum atomic E-state index is 9.72. The number of hydrogen-bond donors (Lipinski definition) is 1. The summed E-state index contributed by atoms with van der Waals surface area (Å²) in [6.45, 7) is 8.56. The van der Waals surface area contributed by atoms with Crippen molar-refractivity contribution < 1.29 is 5.11 Å². The maximum absolute atomic E-state index is 9.72. The lowest BCUT2D eigenvalue weighted by Gasteiger charge is -2.14. The van der Waals surface area contributed by atoms with Crippen molar-refractivity contribution in [3.05, 3.63) is 11.6 Å². The molecule has 1 heteroatoms. The lowest BCUT2D eigenvalue weighted by molar-refractivity contribution is 0.189. The average molecular weight is 184 g/mol. The molecule has 0 heterocycles. The van der Waals surface area contributed by atoms with Gasteiger partial charge in [-0.1, -0.05) is 33.3 Å². The van der Waals surface area contributed by atoms with Crippen LogP contribution in [0, 0.1) is 5.92 Å². The van der Waals surface area contributed by atoms with Crippen molar-refractivity contribution in [2.45, 2.75) is 59.5 Å². The number of aliphatic hydroxyl groups is 1. The van der Waals surface area contributed by atoms with E-state index in [1.165, 1.54) is 6.42 Å². The molecule has 0 radical (unpaired) electrons. The monoisotopic (exact) mass is 184 g/mol. The van der Waals surface area contributed by atoms with Gasteiger partial charge in [0.1, 0.15) is 0 Å². The highest BCUT2D eigenvalue weighted by Crippen LogP contribution is 2.15. The smallest absolute Gasteiger partial charge is 0.0747 e. The molecule has 0 rings (SSSR count). The number of rotatable bonds is 6. The van der Waals surface area contributed by atoms with Crippen molar-refractivity contribution in [3.8, 4) is 0 Å². The van der Waals surface area contributed by atoms with E-state index in [-0.39, 0.29) is 6.10 Å². The van der Waals surface area contributed by atoms with Crippen LogP contribution in [0.5, 0.6) is 0 Å². The Morgan fingerprint density at radius 2 is 1.92 bits per heavy atom. The molecule has 0 aromatic rings. The van der Waals surface area contributed by atoms with Crippen LogP contribution in [0.15, 0.2) is 11.6 Å². The van der Waals surface area contributed by atoms with Crippen LogP contribution in [0.1, 0.15) is 53.4 Å². The zero-order valence-electron chi connectivity index (χ0n) is 9.51. The number of hydrogen-bond acceptors (Lipinski definition) is 1. The quantitative estimate of drug-likeness (QED) is 0.626. The van der Waals surface area contributed by atoms with E-state index >= 15 is 0 Å². The SMILES string of the molecule is CCC=C(C)C(O)CCC(C)CC. The van der Waals surface area contributed by atoms with Crippen LogP contribution < -0.4 is 0 Å². The fourth-order valence-electron chi connectivity index (χ4n) is 1.33. The van der Waals surface area contributed by atoms with Gasteiger partial charge in [-0.3, -0.25) is 0 Å². The summed E-state index contributed by atoms with van der Waals surface area (Å²) in [6, 6.07) is 0. The molecule has 0 bridgehead atoms. The zero-order chi connectivity index (χ0) is 10.3. The molecule has 0 aromatic heterocycles. The zero-order valence-corrected chi connectivity index (χ0v) is 9.51. The predicted molar refractivity (Wildman–Crippen MR) is 58.7 cm³/mol. The fraction of sp³-hybridized carbons (Fsp3) is 0.833. The van der Waals surface area contributed by atoms with E-state index in [1.54, 1.807) is 0 Å². The molecule has 0 aliphatic rings. The summed E-state index contributed by atoms with van der Waals surface area (Å²) in [6.07, 6.45) is 6.18. The van der Waals surface area contributed by atoms with Gasteiger partial charge >= 0.3 is 0 Å². The average Bonchev–Trinajstić information content (AvgIpc) is 2.13. The molecule has 1 N–H and O–H groups in total. The first-order valence-corrected chi connectivity index (χ1v) is 5.46. The van der Waals surface area contributed by atoms with Crippen molar-refractivity contribution in [2.75, 3.05) is 0 Å². The summed E-state index contributed by atoms with van der Waals surface area (Å²) in [5.74, 6) is 0.740. The Morgan fingerprint density at radius 3 is 2.38 bits per heavy atom. The van der Waals surface area contributed by atoms with Gasteiger partial charge in [-0.05, 0) is 37.7 Å². The minimum atomic E-state index is -0.214. The lowest BCUT2D eigenvalue weighted by atomic mass is 9.97. The molecule has 2 atom stereocenters. The van der Waals surface area contributed by atoms with Crippen LogP contribution in [-0.4, -0.2) is 11.2 Å². The fourth-order valence-corrected chi connectivity index (χ4v) is 1.33. The van der Waals surface area contributed by atoms with E-state index < -0.39 is 0 Å². The van der Waals surface area contributed by atoms with Crippen LogP contribution in [0.4, 0.5) is 0 Å². The highest BCUT2D eigenvalue weighted by Gasteiger charge is 2.07. The van der Waals surface area contributed by atoms with E-state index in [9.17, 15) is 5.11 Å². The largest absolute Gasteiger partial charge is 0.389 e. The molecule has 0 fully saturated rings. The van der Waals surface area contributed by atoms with Gasteiger partial charge in [0.05, 0.1) is 6.10 Å². The Hall–Kier alpha value is -0.300. The molecule has 0 spiro atoms. The third-order valence-corrected chi connectivity index (χ3v) is 2.68. The minimum Gasteiger partial charge on any atom is -0.389 e. The molecule has 0 saturated carbocycles. The normalized spacial score (nSPS) is 17.2. The second-order valence-corrected chi connectivity index (χ2v) is 3.96. The molecule has 13 heavy (non-hydrogen) atoms. The van der Waals surface area contributed by atoms with Crippen LogP contribution >= 0.6 is 0 Å². The number of aliphatic hydroxyl groups excluding tert-OH is 1. The molecule has 0 saturated heterocycles. The van der Waals surface area contributed by atoms with Crippen LogP contribution in [-0.2, 0) is 0 Å². The summed E-state index contributed by atoms with van der Waals surface area (Å²) in [7, 11) is 0. The maximum Gasteiger partial charge on any atom is 0.0747 e. The Bertz CT molecular complexity index is 149. The first-order valence-electron chi connectivity index (χ1n) is 5.46. The highest BCUT2D eigenvalue weighted by atomic mass is 16.3.